The molecule has 0 bridgehead atoms. The first-order valence-electron chi connectivity index (χ1n) is 10.7. The standard InChI is InChI=1S/C26H19F3N4OS/c1-14-5-3-7-17(11-14)24-31-25(34-32-24)22-15(2)33(19-9-10-20(28)21(29)13-19)26(35)30-23(22)16-6-4-8-18(27)12-16/h3-13,23H,1-2H3,(H,30,35). The summed E-state index contributed by atoms with van der Waals surface area (Å²) >= 11 is 5.58. The molecule has 1 N–H and O–H groups in total. The monoisotopic (exact) mass is 492 g/mol. The molecule has 1 aliphatic rings. The molecule has 1 unspecified atom stereocenters. The SMILES string of the molecule is CC1=C(c2nc(-c3cccc(C)c3)no2)C(c2cccc(F)c2)NC(=S)N1c1ccc(F)c(F)c1. The molecule has 0 fully saturated rings. The zero-order chi connectivity index (χ0) is 24.7. The van der Waals surface area contributed by atoms with E-state index in [1.165, 1.54) is 18.2 Å². The second kappa shape index (κ2) is 8.99. The molecule has 0 saturated heterocycles. The van der Waals surface area contributed by atoms with Gasteiger partial charge in [-0.15, -0.1) is 0 Å². The number of hydrogen-bond donors (Lipinski definition) is 1. The number of rotatable bonds is 4. The Kier molecular flexibility index (Phi) is 5.86. The van der Waals surface area contributed by atoms with Crippen LogP contribution in [0.25, 0.3) is 17.0 Å². The quantitative estimate of drug-likeness (QED) is 0.336. The van der Waals surface area contributed by atoms with Gasteiger partial charge in [0, 0.05) is 17.3 Å². The Bertz CT molecular complexity index is 1480. The fraction of sp³-hybridized carbons (Fsp3) is 0.115. The number of hydrogen-bond acceptors (Lipinski definition) is 4. The van der Waals surface area contributed by atoms with Crippen LogP contribution >= 0.6 is 12.2 Å². The molecule has 1 aliphatic heterocycles. The highest BCUT2D eigenvalue weighted by atomic mass is 32.1. The summed E-state index contributed by atoms with van der Waals surface area (Å²) in [5.74, 6) is -1.82. The third kappa shape index (κ3) is 4.30. The van der Waals surface area contributed by atoms with Crippen molar-refractivity contribution in [1.29, 1.82) is 0 Å². The van der Waals surface area contributed by atoms with Crippen LogP contribution in [0.15, 0.2) is 77.0 Å². The molecule has 4 aromatic rings. The third-order valence-corrected chi connectivity index (χ3v) is 6.06. The molecular weight excluding hydrogens is 473 g/mol. The van der Waals surface area contributed by atoms with Crippen molar-refractivity contribution in [1.82, 2.24) is 15.5 Å². The summed E-state index contributed by atoms with van der Waals surface area (Å²) in [5, 5.41) is 7.54. The van der Waals surface area contributed by atoms with Gasteiger partial charge in [-0.25, -0.2) is 13.2 Å². The van der Waals surface area contributed by atoms with E-state index >= 15 is 0 Å². The first-order chi connectivity index (χ1) is 16.8. The molecule has 176 valence electrons. The molecule has 9 heteroatoms. The number of halogens is 3. The normalized spacial score (nSPS) is 16.0. The molecule has 5 nitrogen and oxygen atoms in total. The molecule has 0 saturated carbocycles. The van der Waals surface area contributed by atoms with Gasteiger partial charge in [-0.1, -0.05) is 41.1 Å². The van der Waals surface area contributed by atoms with Crippen molar-refractivity contribution in [3.05, 3.63) is 107 Å². The van der Waals surface area contributed by atoms with E-state index in [4.69, 9.17) is 16.7 Å². The topological polar surface area (TPSA) is 54.2 Å². The van der Waals surface area contributed by atoms with Crippen LogP contribution in [0.4, 0.5) is 18.9 Å². The van der Waals surface area contributed by atoms with E-state index in [0.29, 0.717) is 28.3 Å². The molecule has 5 rings (SSSR count). The summed E-state index contributed by atoms with van der Waals surface area (Å²) in [5.41, 5.74) is 3.79. The van der Waals surface area contributed by atoms with Crippen LogP contribution in [0.2, 0.25) is 0 Å². The maximum Gasteiger partial charge on any atom is 0.258 e. The number of nitrogens with one attached hydrogen (secondary N) is 1. The summed E-state index contributed by atoms with van der Waals surface area (Å²) in [6.07, 6.45) is 0. The van der Waals surface area contributed by atoms with Crippen molar-refractivity contribution in [2.45, 2.75) is 19.9 Å². The number of nitrogens with zero attached hydrogens (tertiary/aromatic N) is 3. The molecule has 2 heterocycles. The third-order valence-electron chi connectivity index (χ3n) is 5.76. The van der Waals surface area contributed by atoms with Crippen molar-refractivity contribution in [3.8, 4) is 11.4 Å². The van der Waals surface area contributed by atoms with Crippen LogP contribution in [0.3, 0.4) is 0 Å². The van der Waals surface area contributed by atoms with Gasteiger partial charge >= 0.3 is 0 Å². The van der Waals surface area contributed by atoms with E-state index in [-0.39, 0.29) is 11.0 Å². The molecule has 0 spiro atoms. The molecular formula is C26H19F3N4OS. The van der Waals surface area contributed by atoms with Gasteiger partial charge in [0.05, 0.1) is 17.3 Å². The summed E-state index contributed by atoms with van der Waals surface area (Å²) in [6, 6.07) is 16.6. The second-order valence-corrected chi connectivity index (χ2v) is 8.55. The zero-order valence-electron chi connectivity index (χ0n) is 18.7. The highest BCUT2D eigenvalue weighted by Gasteiger charge is 2.35. The summed E-state index contributed by atoms with van der Waals surface area (Å²) in [4.78, 5) is 6.16. The first kappa shape index (κ1) is 22.8. The van der Waals surface area contributed by atoms with Gasteiger partial charge in [-0.05, 0) is 62.0 Å². The largest absolute Gasteiger partial charge is 0.351 e. The number of thiocarbonyl (C=S) groups is 1. The van der Waals surface area contributed by atoms with Gasteiger partial charge < -0.3 is 9.84 Å². The van der Waals surface area contributed by atoms with E-state index < -0.39 is 23.5 Å². The Labute approximate surface area is 204 Å². The van der Waals surface area contributed by atoms with Crippen molar-refractivity contribution in [2.24, 2.45) is 0 Å². The summed E-state index contributed by atoms with van der Waals surface area (Å²) < 4.78 is 47.4. The minimum Gasteiger partial charge on any atom is -0.351 e. The van der Waals surface area contributed by atoms with Gasteiger partial charge in [0.2, 0.25) is 5.82 Å². The van der Waals surface area contributed by atoms with Crippen molar-refractivity contribution in [3.63, 3.8) is 0 Å². The first-order valence-corrected chi connectivity index (χ1v) is 11.2. The van der Waals surface area contributed by atoms with Crippen molar-refractivity contribution >= 4 is 28.6 Å². The van der Waals surface area contributed by atoms with Crippen LogP contribution in [-0.4, -0.2) is 15.3 Å². The number of aryl methyl sites for hydroxylation is 1. The van der Waals surface area contributed by atoms with Crippen molar-refractivity contribution < 1.29 is 17.7 Å². The average molecular weight is 493 g/mol. The number of aromatic nitrogens is 2. The molecule has 3 aromatic carbocycles. The Hall–Kier alpha value is -3.98. The van der Waals surface area contributed by atoms with E-state index in [2.05, 4.69) is 15.5 Å². The maximum atomic E-state index is 14.1. The van der Waals surface area contributed by atoms with Crippen LogP contribution in [-0.2, 0) is 0 Å². The zero-order valence-corrected chi connectivity index (χ0v) is 19.5. The van der Waals surface area contributed by atoms with E-state index in [1.54, 1.807) is 24.0 Å². The number of anilines is 1. The minimum atomic E-state index is -1.01. The lowest BCUT2D eigenvalue weighted by atomic mass is 9.94. The van der Waals surface area contributed by atoms with Gasteiger partial charge in [0.15, 0.2) is 16.7 Å². The van der Waals surface area contributed by atoms with Gasteiger partial charge in [0.25, 0.3) is 5.89 Å². The molecule has 1 atom stereocenters. The smallest absolute Gasteiger partial charge is 0.258 e. The molecule has 35 heavy (non-hydrogen) atoms. The minimum absolute atomic E-state index is 0.191. The summed E-state index contributed by atoms with van der Waals surface area (Å²) in [7, 11) is 0. The predicted molar refractivity (Wildman–Crippen MR) is 131 cm³/mol. The van der Waals surface area contributed by atoms with E-state index in [0.717, 1.165) is 23.3 Å². The van der Waals surface area contributed by atoms with Crippen LogP contribution in [0.5, 0.6) is 0 Å². The average Bonchev–Trinajstić information content (AvgIpc) is 3.31. The van der Waals surface area contributed by atoms with E-state index in [9.17, 15) is 13.2 Å². The highest BCUT2D eigenvalue weighted by molar-refractivity contribution is 7.80. The van der Waals surface area contributed by atoms with E-state index in [1.807, 2.05) is 31.2 Å². The fourth-order valence-electron chi connectivity index (χ4n) is 4.13. The lowest BCUT2D eigenvalue weighted by Crippen LogP contribution is -2.46. The van der Waals surface area contributed by atoms with Crippen LogP contribution in [0.1, 0.15) is 30.0 Å². The van der Waals surface area contributed by atoms with Gasteiger partial charge in [-0.3, -0.25) is 4.90 Å². The Morgan fingerprint density at radius 1 is 0.943 bits per heavy atom. The molecule has 0 radical (unpaired) electrons. The molecule has 0 aliphatic carbocycles. The molecule has 0 amide bonds. The molecule has 1 aromatic heterocycles. The Morgan fingerprint density at radius 3 is 2.49 bits per heavy atom. The predicted octanol–water partition coefficient (Wildman–Crippen LogP) is 6.33. The van der Waals surface area contributed by atoms with Crippen LogP contribution < -0.4 is 10.2 Å². The van der Waals surface area contributed by atoms with Gasteiger partial charge in [-0.2, -0.15) is 4.98 Å². The lowest BCUT2D eigenvalue weighted by Gasteiger charge is -2.37. The lowest BCUT2D eigenvalue weighted by molar-refractivity contribution is 0.404. The van der Waals surface area contributed by atoms with Crippen molar-refractivity contribution in [2.75, 3.05) is 4.90 Å². The van der Waals surface area contributed by atoms with Crippen LogP contribution in [0, 0.1) is 24.4 Å². The number of benzene rings is 3. The number of allylic oxidation sites excluding steroid dienone is 1. The fourth-order valence-corrected chi connectivity index (χ4v) is 4.49. The maximum absolute atomic E-state index is 14.1. The summed E-state index contributed by atoms with van der Waals surface area (Å²) in [6.45, 7) is 3.72. The highest BCUT2D eigenvalue weighted by Crippen LogP contribution is 2.39. The Morgan fingerprint density at radius 2 is 1.74 bits per heavy atom. The van der Waals surface area contributed by atoms with Gasteiger partial charge in [0.1, 0.15) is 5.82 Å². The second-order valence-electron chi connectivity index (χ2n) is 8.16. The Balaban J connectivity index is 1.67.